The highest BCUT2D eigenvalue weighted by Gasteiger charge is 2.07. The molecule has 1 rings (SSSR count). The van der Waals surface area contributed by atoms with Gasteiger partial charge in [0.15, 0.2) is 0 Å². The normalized spacial score (nSPS) is 22.5. The molecule has 2 heteroatoms. The molecule has 1 atom stereocenters. The molecule has 1 aliphatic rings. The molecule has 0 bridgehead atoms. The number of hydrogen-bond donors (Lipinski definition) is 0. The van der Waals surface area contributed by atoms with Crippen LogP contribution < -0.4 is 0 Å². The number of halogens is 1. The molecule has 68 valence electrons. The summed E-state index contributed by atoms with van der Waals surface area (Å²) in [6.07, 6.45) is 8.14. The Balaban J connectivity index is 2.16. The lowest BCUT2D eigenvalue weighted by molar-refractivity contribution is 0.189. The van der Waals surface area contributed by atoms with E-state index >= 15 is 0 Å². The van der Waals surface area contributed by atoms with E-state index in [9.17, 15) is 4.39 Å². The number of hydrogen-bond acceptors (Lipinski definition) is 1. The largest absolute Gasteiger partial charge is 0.385 e. The summed E-state index contributed by atoms with van der Waals surface area (Å²) >= 11 is 0. The number of allylic oxidation sites excluding steroid dienone is 4. The van der Waals surface area contributed by atoms with Gasteiger partial charge in [-0.05, 0) is 37.3 Å². The van der Waals surface area contributed by atoms with E-state index in [2.05, 4.69) is 0 Å². The van der Waals surface area contributed by atoms with Gasteiger partial charge in [0.1, 0.15) is 5.83 Å². The average Bonchev–Trinajstić information content (AvgIpc) is 2.09. The van der Waals surface area contributed by atoms with Crippen molar-refractivity contribution in [3.05, 3.63) is 24.1 Å². The Kier molecular flexibility index (Phi) is 4.01. The van der Waals surface area contributed by atoms with Crippen molar-refractivity contribution in [3.8, 4) is 0 Å². The second kappa shape index (κ2) is 5.09. The van der Waals surface area contributed by atoms with E-state index in [0.29, 0.717) is 5.92 Å². The van der Waals surface area contributed by atoms with E-state index in [4.69, 9.17) is 4.74 Å². The van der Waals surface area contributed by atoms with Crippen LogP contribution in [0.4, 0.5) is 4.39 Å². The van der Waals surface area contributed by atoms with Crippen molar-refractivity contribution < 1.29 is 9.13 Å². The fourth-order valence-electron chi connectivity index (χ4n) is 1.34. The summed E-state index contributed by atoms with van der Waals surface area (Å²) in [5.41, 5.74) is 0. The van der Waals surface area contributed by atoms with Gasteiger partial charge in [-0.2, -0.15) is 0 Å². The molecule has 0 fully saturated rings. The molecule has 0 heterocycles. The first kappa shape index (κ1) is 9.46. The third-order valence-corrected chi connectivity index (χ3v) is 2.07. The first-order chi connectivity index (χ1) is 5.83. The molecule has 1 aliphatic carbocycles. The van der Waals surface area contributed by atoms with Crippen LogP contribution >= 0.6 is 0 Å². The Morgan fingerprint density at radius 1 is 1.67 bits per heavy atom. The molecule has 0 spiro atoms. The van der Waals surface area contributed by atoms with Crippen LogP contribution in [0.25, 0.3) is 0 Å². The first-order valence-electron chi connectivity index (χ1n) is 4.35. The Morgan fingerprint density at radius 2 is 2.50 bits per heavy atom. The molecule has 12 heavy (non-hydrogen) atoms. The molecule has 0 aliphatic heterocycles. The maximum absolute atomic E-state index is 12.5. The topological polar surface area (TPSA) is 9.23 Å². The van der Waals surface area contributed by atoms with Crippen molar-refractivity contribution in [2.24, 2.45) is 5.92 Å². The zero-order valence-corrected chi connectivity index (χ0v) is 7.42. The molecule has 0 saturated heterocycles. The van der Waals surface area contributed by atoms with Gasteiger partial charge in [0.05, 0.1) is 0 Å². The Morgan fingerprint density at radius 3 is 3.08 bits per heavy atom. The second-order valence-electron chi connectivity index (χ2n) is 3.08. The van der Waals surface area contributed by atoms with Crippen molar-refractivity contribution in [2.45, 2.75) is 19.3 Å². The summed E-state index contributed by atoms with van der Waals surface area (Å²) in [4.78, 5) is 0. The summed E-state index contributed by atoms with van der Waals surface area (Å²) in [5, 5.41) is 0. The van der Waals surface area contributed by atoms with Gasteiger partial charge < -0.3 is 4.74 Å². The molecule has 0 radical (unpaired) electrons. The molecule has 0 aromatic heterocycles. The van der Waals surface area contributed by atoms with E-state index < -0.39 is 0 Å². The van der Waals surface area contributed by atoms with Crippen LogP contribution in [-0.2, 0) is 4.74 Å². The number of ether oxygens (including phenoxy) is 1. The zero-order chi connectivity index (χ0) is 8.81. The third kappa shape index (κ3) is 3.18. The van der Waals surface area contributed by atoms with Gasteiger partial charge in [-0.1, -0.05) is 6.08 Å². The molecule has 0 aromatic carbocycles. The predicted molar refractivity (Wildman–Crippen MR) is 47.5 cm³/mol. The molecule has 0 aromatic rings. The van der Waals surface area contributed by atoms with Crippen molar-refractivity contribution in [2.75, 3.05) is 13.7 Å². The molecular formula is C10H15FO. The van der Waals surface area contributed by atoms with Crippen LogP contribution in [0.15, 0.2) is 24.1 Å². The minimum absolute atomic E-state index is 0.0991. The van der Waals surface area contributed by atoms with E-state index in [1.54, 1.807) is 19.3 Å². The molecule has 0 amide bonds. The van der Waals surface area contributed by atoms with Gasteiger partial charge in [-0.3, -0.25) is 0 Å². The smallest absolute Gasteiger partial charge is 0.118 e. The molecule has 0 saturated carbocycles. The van der Waals surface area contributed by atoms with E-state index in [0.717, 1.165) is 25.9 Å². The minimum Gasteiger partial charge on any atom is -0.385 e. The maximum atomic E-state index is 12.5. The van der Waals surface area contributed by atoms with E-state index in [1.807, 2.05) is 6.08 Å². The van der Waals surface area contributed by atoms with Gasteiger partial charge >= 0.3 is 0 Å². The van der Waals surface area contributed by atoms with Crippen LogP contribution in [0, 0.1) is 5.92 Å². The maximum Gasteiger partial charge on any atom is 0.118 e. The highest BCUT2D eigenvalue weighted by Crippen LogP contribution is 2.20. The Hall–Kier alpha value is -0.630. The number of methoxy groups -OCH3 is 1. The van der Waals surface area contributed by atoms with Crippen LogP contribution in [0.3, 0.4) is 0 Å². The predicted octanol–water partition coefficient (Wildman–Crippen LogP) is 2.84. The van der Waals surface area contributed by atoms with Crippen LogP contribution in [0.2, 0.25) is 0 Å². The van der Waals surface area contributed by atoms with Crippen LogP contribution in [0.5, 0.6) is 0 Å². The highest BCUT2D eigenvalue weighted by molar-refractivity contribution is 5.17. The monoisotopic (exact) mass is 170 g/mol. The Bertz CT molecular complexity index is 184. The summed E-state index contributed by atoms with van der Waals surface area (Å²) < 4.78 is 17.4. The standard InChI is InChI=1S/C10H15FO/c1-12-8-2-3-9-4-6-10(11)7-5-9/h4,6-7,9H,2-3,5,8H2,1H3. The van der Waals surface area contributed by atoms with Crippen molar-refractivity contribution >= 4 is 0 Å². The van der Waals surface area contributed by atoms with Crippen molar-refractivity contribution in [3.63, 3.8) is 0 Å². The van der Waals surface area contributed by atoms with Gasteiger partial charge in [-0.25, -0.2) is 4.39 Å². The van der Waals surface area contributed by atoms with Gasteiger partial charge in [0, 0.05) is 13.7 Å². The highest BCUT2D eigenvalue weighted by atomic mass is 19.1. The quantitative estimate of drug-likeness (QED) is 0.589. The summed E-state index contributed by atoms with van der Waals surface area (Å²) in [6.45, 7) is 0.802. The average molecular weight is 170 g/mol. The van der Waals surface area contributed by atoms with Crippen LogP contribution in [0.1, 0.15) is 19.3 Å². The summed E-state index contributed by atoms with van der Waals surface area (Å²) in [5.74, 6) is 0.414. The summed E-state index contributed by atoms with van der Waals surface area (Å²) in [7, 11) is 1.70. The third-order valence-electron chi connectivity index (χ3n) is 2.07. The molecular weight excluding hydrogens is 155 g/mol. The SMILES string of the molecule is COCCCC1C=CC(F)=CC1. The van der Waals surface area contributed by atoms with Crippen LogP contribution in [-0.4, -0.2) is 13.7 Å². The lowest BCUT2D eigenvalue weighted by Gasteiger charge is -2.12. The molecule has 1 unspecified atom stereocenters. The van der Waals surface area contributed by atoms with E-state index in [1.165, 1.54) is 0 Å². The van der Waals surface area contributed by atoms with E-state index in [-0.39, 0.29) is 5.83 Å². The van der Waals surface area contributed by atoms with Gasteiger partial charge in [0.25, 0.3) is 0 Å². The molecule has 0 N–H and O–H groups in total. The fourth-order valence-corrected chi connectivity index (χ4v) is 1.34. The molecule has 1 nitrogen and oxygen atoms in total. The first-order valence-corrected chi connectivity index (χ1v) is 4.35. The van der Waals surface area contributed by atoms with Gasteiger partial charge in [0.2, 0.25) is 0 Å². The number of rotatable bonds is 4. The zero-order valence-electron chi connectivity index (χ0n) is 7.42. The fraction of sp³-hybridized carbons (Fsp3) is 0.600. The van der Waals surface area contributed by atoms with Crippen molar-refractivity contribution in [1.29, 1.82) is 0 Å². The van der Waals surface area contributed by atoms with Gasteiger partial charge in [-0.15, -0.1) is 0 Å². The van der Waals surface area contributed by atoms with Crippen molar-refractivity contribution in [1.82, 2.24) is 0 Å². The summed E-state index contributed by atoms with van der Waals surface area (Å²) in [6, 6.07) is 0. The second-order valence-corrected chi connectivity index (χ2v) is 3.08. The lowest BCUT2D eigenvalue weighted by Crippen LogP contribution is -2.00. The minimum atomic E-state index is -0.0991. The lowest BCUT2D eigenvalue weighted by atomic mass is 9.96. The Labute approximate surface area is 72.9 Å².